The van der Waals surface area contributed by atoms with Crippen molar-refractivity contribution in [3.8, 4) is 0 Å². The SMILES string of the molecule is CC(NC(=O)COCCN)c1cccc(C(F)(F)F)c1. The van der Waals surface area contributed by atoms with Crippen LogP contribution in [0.5, 0.6) is 0 Å². The van der Waals surface area contributed by atoms with Crippen molar-refractivity contribution in [2.75, 3.05) is 19.8 Å². The van der Waals surface area contributed by atoms with Crippen molar-refractivity contribution in [1.82, 2.24) is 5.32 Å². The van der Waals surface area contributed by atoms with Crippen molar-refractivity contribution < 1.29 is 22.7 Å². The summed E-state index contributed by atoms with van der Waals surface area (Å²) in [5, 5.41) is 2.56. The Morgan fingerprint density at radius 2 is 2.15 bits per heavy atom. The average molecular weight is 290 g/mol. The quantitative estimate of drug-likeness (QED) is 0.786. The number of carbonyl (C=O) groups is 1. The molecule has 1 aromatic carbocycles. The van der Waals surface area contributed by atoms with E-state index in [2.05, 4.69) is 5.32 Å². The van der Waals surface area contributed by atoms with E-state index in [0.29, 0.717) is 12.1 Å². The van der Waals surface area contributed by atoms with E-state index >= 15 is 0 Å². The van der Waals surface area contributed by atoms with E-state index in [1.165, 1.54) is 12.1 Å². The van der Waals surface area contributed by atoms with E-state index in [9.17, 15) is 18.0 Å². The monoisotopic (exact) mass is 290 g/mol. The number of nitrogens with one attached hydrogen (secondary N) is 1. The van der Waals surface area contributed by atoms with Crippen LogP contribution in [0.2, 0.25) is 0 Å². The molecular weight excluding hydrogens is 273 g/mol. The predicted molar refractivity (Wildman–Crippen MR) is 67.9 cm³/mol. The minimum Gasteiger partial charge on any atom is -0.370 e. The molecule has 0 aliphatic carbocycles. The Morgan fingerprint density at radius 3 is 2.75 bits per heavy atom. The Labute approximate surface area is 115 Å². The predicted octanol–water partition coefficient (Wildman–Crippen LogP) is 1.86. The first kappa shape index (κ1) is 16.5. The number of rotatable bonds is 6. The fourth-order valence-corrected chi connectivity index (χ4v) is 1.60. The molecule has 0 bridgehead atoms. The molecule has 0 aromatic heterocycles. The molecule has 0 radical (unpaired) electrons. The summed E-state index contributed by atoms with van der Waals surface area (Å²) in [6.07, 6.45) is -4.40. The van der Waals surface area contributed by atoms with Crippen LogP contribution in [0, 0.1) is 0 Å². The van der Waals surface area contributed by atoms with Crippen molar-refractivity contribution in [3.63, 3.8) is 0 Å². The third-order valence-corrected chi connectivity index (χ3v) is 2.59. The van der Waals surface area contributed by atoms with Crippen LogP contribution in [0.3, 0.4) is 0 Å². The number of hydrogen-bond acceptors (Lipinski definition) is 3. The van der Waals surface area contributed by atoms with Crippen molar-refractivity contribution in [2.24, 2.45) is 5.73 Å². The van der Waals surface area contributed by atoms with E-state index < -0.39 is 23.7 Å². The van der Waals surface area contributed by atoms with Crippen LogP contribution in [0.4, 0.5) is 13.2 Å². The number of hydrogen-bond donors (Lipinski definition) is 2. The molecule has 0 aliphatic rings. The summed E-state index contributed by atoms with van der Waals surface area (Å²) in [6.45, 7) is 2.00. The van der Waals surface area contributed by atoms with Gasteiger partial charge in [0.25, 0.3) is 0 Å². The Kier molecular flexibility index (Phi) is 5.97. The highest BCUT2D eigenvalue weighted by Gasteiger charge is 2.30. The molecule has 1 unspecified atom stereocenters. The molecular formula is C13H17F3N2O2. The molecule has 0 fully saturated rings. The number of halogens is 3. The van der Waals surface area contributed by atoms with Crippen LogP contribution in [0.1, 0.15) is 24.1 Å². The molecule has 0 heterocycles. The summed E-state index contributed by atoms with van der Waals surface area (Å²) >= 11 is 0. The zero-order chi connectivity index (χ0) is 15.2. The lowest BCUT2D eigenvalue weighted by Gasteiger charge is -2.16. The first-order chi connectivity index (χ1) is 9.34. The highest BCUT2D eigenvalue weighted by atomic mass is 19.4. The van der Waals surface area contributed by atoms with Crippen LogP contribution in [-0.4, -0.2) is 25.7 Å². The van der Waals surface area contributed by atoms with Gasteiger partial charge in [0, 0.05) is 6.54 Å². The maximum Gasteiger partial charge on any atom is 0.416 e. The van der Waals surface area contributed by atoms with Crippen LogP contribution >= 0.6 is 0 Å². The minimum absolute atomic E-state index is 0.166. The van der Waals surface area contributed by atoms with Gasteiger partial charge in [-0.15, -0.1) is 0 Å². The molecule has 0 saturated heterocycles. The summed E-state index contributed by atoms with van der Waals surface area (Å²) in [5.74, 6) is -0.400. The van der Waals surface area contributed by atoms with Gasteiger partial charge < -0.3 is 15.8 Å². The molecule has 0 aliphatic heterocycles. The Hall–Kier alpha value is -1.60. The zero-order valence-electron chi connectivity index (χ0n) is 11.0. The molecule has 112 valence electrons. The zero-order valence-corrected chi connectivity index (χ0v) is 11.0. The minimum atomic E-state index is -4.40. The largest absolute Gasteiger partial charge is 0.416 e. The fourth-order valence-electron chi connectivity index (χ4n) is 1.60. The standard InChI is InChI=1S/C13H17F3N2O2/c1-9(18-12(19)8-20-6-5-17)10-3-2-4-11(7-10)13(14,15)16/h2-4,7,9H,5-6,8,17H2,1H3,(H,18,19). The van der Waals surface area contributed by atoms with E-state index in [1.807, 2.05) is 0 Å². The van der Waals surface area contributed by atoms with E-state index in [1.54, 1.807) is 6.92 Å². The van der Waals surface area contributed by atoms with E-state index in [-0.39, 0.29) is 13.2 Å². The van der Waals surface area contributed by atoms with Gasteiger partial charge in [0.05, 0.1) is 18.2 Å². The molecule has 1 aromatic rings. The first-order valence-corrected chi connectivity index (χ1v) is 6.09. The van der Waals surface area contributed by atoms with Crippen molar-refractivity contribution in [2.45, 2.75) is 19.1 Å². The topological polar surface area (TPSA) is 64.3 Å². The Bertz CT molecular complexity index is 449. The van der Waals surface area contributed by atoms with Gasteiger partial charge in [0.1, 0.15) is 6.61 Å². The number of nitrogens with two attached hydrogens (primary N) is 1. The maximum atomic E-state index is 12.6. The third-order valence-electron chi connectivity index (χ3n) is 2.59. The fraction of sp³-hybridized carbons (Fsp3) is 0.462. The highest BCUT2D eigenvalue weighted by Crippen LogP contribution is 2.30. The van der Waals surface area contributed by atoms with Gasteiger partial charge in [-0.3, -0.25) is 4.79 Å². The van der Waals surface area contributed by atoms with Crippen LogP contribution < -0.4 is 11.1 Å². The number of benzene rings is 1. The van der Waals surface area contributed by atoms with Gasteiger partial charge in [-0.2, -0.15) is 13.2 Å². The molecule has 4 nitrogen and oxygen atoms in total. The number of ether oxygens (including phenoxy) is 1. The molecule has 20 heavy (non-hydrogen) atoms. The van der Waals surface area contributed by atoms with Crippen molar-refractivity contribution >= 4 is 5.91 Å². The van der Waals surface area contributed by atoms with Gasteiger partial charge in [-0.05, 0) is 24.6 Å². The summed E-state index contributed by atoms with van der Waals surface area (Å²) in [7, 11) is 0. The smallest absolute Gasteiger partial charge is 0.370 e. The highest BCUT2D eigenvalue weighted by molar-refractivity contribution is 5.77. The number of alkyl halides is 3. The molecule has 1 rings (SSSR count). The summed E-state index contributed by atoms with van der Waals surface area (Å²) in [6, 6.07) is 4.31. The lowest BCUT2D eigenvalue weighted by Crippen LogP contribution is -2.31. The third kappa shape index (κ3) is 5.18. The Balaban J connectivity index is 2.63. The van der Waals surface area contributed by atoms with E-state index in [0.717, 1.165) is 12.1 Å². The second kappa shape index (κ2) is 7.25. The Morgan fingerprint density at radius 1 is 1.45 bits per heavy atom. The van der Waals surface area contributed by atoms with Gasteiger partial charge in [-0.1, -0.05) is 12.1 Å². The lowest BCUT2D eigenvalue weighted by atomic mass is 10.0. The van der Waals surface area contributed by atoms with Crippen molar-refractivity contribution in [3.05, 3.63) is 35.4 Å². The molecule has 1 amide bonds. The van der Waals surface area contributed by atoms with Gasteiger partial charge in [-0.25, -0.2) is 0 Å². The summed E-state index contributed by atoms with van der Waals surface area (Å²) in [4.78, 5) is 11.5. The van der Waals surface area contributed by atoms with Gasteiger partial charge in [0.15, 0.2) is 0 Å². The molecule has 7 heteroatoms. The van der Waals surface area contributed by atoms with Crippen LogP contribution in [0.15, 0.2) is 24.3 Å². The number of amides is 1. The number of carbonyl (C=O) groups excluding carboxylic acids is 1. The molecule has 3 N–H and O–H groups in total. The van der Waals surface area contributed by atoms with Crippen molar-refractivity contribution in [1.29, 1.82) is 0 Å². The summed E-state index contributed by atoms with van der Waals surface area (Å²) < 4.78 is 42.7. The average Bonchev–Trinajstić information content (AvgIpc) is 2.38. The molecule has 0 spiro atoms. The van der Waals surface area contributed by atoms with Gasteiger partial charge in [0.2, 0.25) is 5.91 Å². The second-order valence-corrected chi connectivity index (χ2v) is 4.25. The van der Waals surface area contributed by atoms with Gasteiger partial charge >= 0.3 is 6.18 Å². The molecule has 1 atom stereocenters. The van der Waals surface area contributed by atoms with E-state index in [4.69, 9.17) is 10.5 Å². The summed E-state index contributed by atoms with van der Waals surface area (Å²) in [5.41, 5.74) is 4.84. The lowest BCUT2D eigenvalue weighted by molar-refractivity contribution is -0.137. The second-order valence-electron chi connectivity index (χ2n) is 4.25. The van der Waals surface area contributed by atoms with Crippen LogP contribution in [0.25, 0.3) is 0 Å². The van der Waals surface area contributed by atoms with Crippen LogP contribution in [-0.2, 0) is 15.7 Å². The maximum absolute atomic E-state index is 12.6. The first-order valence-electron chi connectivity index (χ1n) is 6.09. The molecule has 0 saturated carbocycles. The normalized spacial score (nSPS) is 13.1.